The van der Waals surface area contributed by atoms with Gasteiger partial charge in [-0.2, -0.15) is 0 Å². The van der Waals surface area contributed by atoms with Crippen LogP contribution < -0.4 is 0 Å². The summed E-state index contributed by atoms with van der Waals surface area (Å²) < 4.78 is 0. The highest BCUT2D eigenvalue weighted by molar-refractivity contribution is 4.85. The fourth-order valence-corrected chi connectivity index (χ4v) is 1.85. The van der Waals surface area contributed by atoms with Crippen molar-refractivity contribution in [2.24, 2.45) is 11.8 Å². The smallest absolute Gasteiger partial charge is 0.0647 e. The molecule has 1 nitrogen and oxygen atoms in total. The molecule has 1 N–H and O–H groups in total. The van der Waals surface area contributed by atoms with Crippen LogP contribution in [0, 0.1) is 11.8 Å². The lowest BCUT2D eigenvalue weighted by Gasteiger charge is -2.38. The Balaban J connectivity index is 0.000000561. The van der Waals surface area contributed by atoms with E-state index in [1.165, 1.54) is 12.8 Å². The third-order valence-electron chi connectivity index (χ3n) is 2.92. The lowest BCUT2D eigenvalue weighted by molar-refractivity contribution is -0.0403. The Labute approximate surface area is 77.2 Å². The minimum Gasteiger partial charge on any atom is -0.390 e. The van der Waals surface area contributed by atoms with Crippen molar-refractivity contribution in [2.75, 3.05) is 0 Å². The molecule has 0 bridgehead atoms. The normalized spacial score (nSPS) is 41.5. The summed E-state index contributed by atoms with van der Waals surface area (Å²) >= 11 is 0. The highest BCUT2D eigenvalue weighted by Gasteiger charge is 2.33. The second-order valence-electron chi connectivity index (χ2n) is 4.14. The van der Waals surface area contributed by atoms with Crippen molar-refractivity contribution in [2.45, 2.75) is 59.5 Å². The van der Waals surface area contributed by atoms with Crippen molar-refractivity contribution in [1.29, 1.82) is 0 Å². The van der Waals surface area contributed by atoms with Gasteiger partial charge in [-0.1, -0.05) is 34.1 Å². The molecular formula is C11H24O. The lowest BCUT2D eigenvalue weighted by Crippen LogP contribution is -2.38. The molecule has 1 aliphatic rings. The van der Waals surface area contributed by atoms with Gasteiger partial charge in [0.15, 0.2) is 0 Å². The van der Waals surface area contributed by atoms with Gasteiger partial charge in [0.25, 0.3) is 0 Å². The average Bonchev–Trinajstić information content (AvgIpc) is 2.01. The van der Waals surface area contributed by atoms with Crippen LogP contribution in [0.2, 0.25) is 0 Å². The third kappa shape index (κ3) is 3.14. The summed E-state index contributed by atoms with van der Waals surface area (Å²) in [6.45, 7) is 10.3. The number of hydrogen-bond donors (Lipinski definition) is 1. The van der Waals surface area contributed by atoms with E-state index in [1.807, 2.05) is 20.8 Å². The maximum absolute atomic E-state index is 9.81. The Kier molecular flexibility index (Phi) is 4.84. The molecule has 0 aliphatic heterocycles. The second kappa shape index (κ2) is 4.86. The molecule has 1 fully saturated rings. The van der Waals surface area contributed by atoms with Crippen molar-refractivity contribution >= 4 is 0 Å². The summed E-state index contributed by atoms with van der Waals surface area (Å²) in [6.07, 6.45) is 3.46. The lowest BCUT2D eigenvalue weighted by atomic mass is 9.73. The SMILES string of the molecule is CC.CC1CCC(C)C(C)(O)C1. The maximum Gasteiger partial charge on any atom is 0.0647 e. The number of aliphatic hydroxyl groups is 1. The van der Waals surface area contributed by atoms with Crippen LogP contribution in [0.5, 0.6) is 0 Å². The standard InChI is InChI=1S/C9H18O.C2H6/c1-7-4-5-8(2)9(3,10)6-7;1-2/h7-8,10H,4-6H2,1-3H3;1-2H3. The van der Waals surface area contributed by atoms with Gasteiger partial charge in [-0.05, 0) is 31.6 Å². The van der Waals surface area contributed by atoms with Crippen molar-refractivity contribution in [3.05, 3.63) is 0 Å². The largest absolute Gasteiger partial charge is 0.390 e. The summed E-state index contributed by atoms with van der Waals surface area (Å²) in [6, 6.07) is 0. The molecule has 0 amide bonds. The Morgan fingerprint density at radius 3 is 2.00 bits per heavy atom. The molecule has 0 heterocycles. The van der Waals surface area contributed by atoms with E-state index in [0.29, 0.717) is 11.8 Å². The maximum atomic E-state index is 9.81. The summed E-state index contributed by atoms with van der Waals surface area (Å²) in [5.74, 6) is 1.20. The molecule has 3 unspecified atom stereocenters. The molecule has 0 aromatic carbocycles. The van der Waals surface area contributed by atoms with Gasteiger partial charge in [0.05, 0.1) is 5.60 Å². The molecule has 1 saturated carbocycles. The Morgan fingerprint density at radius 1 is 1.17 bits per heavy atom. The summed E-state index contributed by atoms with van der Waals surface area (Å²) in [5, 5.41) is 9.81. The molecule has 0 saturated heterocycles. The van der Waals surface area contributed by atoms with E-state index in [4.69, 9.17) is 0 Å². The van der Waals surface area contributed by atoms with E-state index in [1.54, 1.807) is 0 Å². The Hall–Kier alpha value is -0.0400. The first-order valence-electron chi connectivity index (χ1n) is 5.25. The van der Waals surface area contributed by atoms with Crippen molar-refractivity contribution in [1.82, 2.24) is 0 Å². The average molecular weight is 172 g/mol. The highest BCUT2D eigenvalue weighted by atomic mass is 16.3. The summed E-state index contributed by atoms with van der Waals surface area (Å²) in [7, 11) is 0. The number of rotatable bonds is 0. The van der Waals surface area contributed by atoms with Gasteiger partial charge in [0.1, 0.15) is 0 Å². The first-order chi connectivity index (χ1) is 5.52. The predicted molar refractivity (Wildman–Crippen MR) is 54.2 cm³/mol. The quantitative estimate of drug-likeness (QED) is 0.595. The molecule has 12 heavy (non-hydrogen) atoms. The molecule has 74 valence electrons. The zero-order chi connectivity index (χ0) is 9.78. The van der Waals surface area contributed by atoms with Crippen LogP contribution >= 0.6 is 0 Å². The Morgan fingerprint density at radius 2 is 1.67 bits per heavy atom. The third-order valence-corrected chi connectivity index (χ3v) is 2.92. The van der Waals surface area contributed by atoms with Gasteiger partial charge in [-0.3, -0.25) is 0 Å². The summed E-state index contributed by atoms with van der Waals surface area (Å²) in [4.78, 5) is 0. The van der Waals surface area contributed by atoms with Crippen LogP contribution in [0.25, 0.3) is 0 Å². The molecule has 1 heteroatoms. The van der Waals surface area contributed by atoms with E-state index in [2.05, 4.69) is 13.8 Å². The van der Waals surface area contributed by atoms with E-state index in [0.717, 1.165) is 6.42 Å². The highest BCUT2D eigenvalue weighted by Crippen LogP contribution is 2.35. The van der Waals surface area contributed by atoms with Crippen molar-refractivity contribution < 1.29 is 5.11 Å². The van der Waals surface area contributed by atoms with Crippen molar-refractivity contribution in [3.63, 3.8) is 0 Å². The predicted octanol–water partition coefficient (Wildman–Crippen LogP) is 3.22. The van der Waals surface area contributed by atoms with Gasteiger partial charge in [0, 0.05) is 0 Å². The van der Waals surface area contributed by atoms with Crippen LogP contribution in [0.3, 0.4) is 0 Å². The van der Waals surface area contributed by atoms with Gasteiger partial charge in [-0.25, -0.2) is 0 Å². The van der Waals surface area contributed by atoms with Gasteiger partial charge in [0.2, 0.25) is 0 Å². The van der Waals surface area contributed by atoms with Crippen LogP contribution in [-0.2, 0) is 0 Å². The fourth-order valence-electron chi connectivity index (χ4n) is 1.85. The van der Waals surface area contributed by atoms with E-state index in [9.17, 15) is 5.11 Å². The molecule has 1 rings (SSSR count). The molecule has 3 atom stereocenters. The minimum atomic E-state index is -0.391. The van der Waals surface area contributed by atoms with E-state index < -0.39 is 5.60 Å². The van der Waals surface area contributed by atoms with E-state index >= 15 is 0 Å². The van der Waals surface area contributed by atoms with Gasteiger partial charge < -0.3 is 5.11 Å². The van der Waals surface area contributed by atoms with Gasteiger partial charge in [-0.15, -0.1) is 0 Å². The molecule has 0 radical (unpaired) electrons. The van der Waals surface area contributed by atoms with E-state index in [-0.39, 0.29) is 0 Å². The van der Waals surface area contributed by atoms with Crippen LogP contribution in [-0.4, -0.2) is 10.7 Å². The monoisotopic (exact) mass is 172 g/mol. The molecule has 0 spiro atoms. The Bertz CT molecular complexity index is 118. The first-order valence-corrected chi connectivity index (χ1v) is 5.25. The zero-order valence-electron chi connectivity index (χ0n) is 9.22. The first kappa shape index (κ1) is 12.0. The van der Waals surface area contributed by atoms with Gasteiger partial charge >= 0.3 is 0 Å². The molecule has 0 aromatic rings. The summed E-state index contributed by atoms with van der Waals surface area (Å²) in [5.41, 5.74) is -0.391. The van der Waals surface area contributed by atoms with Crippen LogP contribution in [0.15, 0.2) is 0 Å². The minimum absolute atomic E-state index is 0.391. The molecule has 0 aromatic heterocycles. The second-order valence-corrected chi connectivity index (χ2v) is 4.14. The fraction of sp³-hybridized carbons (Fsp3) is 1.00. The zero-order valence-corrected chi connectivity index (χ0v) is 9.22. The van der Waals surface area contributed by atoms with Crippen LogP contribution in [0.4, 0.5) is 0 Å². The van der Waals surface area contributed by atoms with Crippen molar-refractivity contribution in [3.8, 4) is 0 Å². The number of hydrogen-bond acceptors (Lipinski definition) is 1. The van der Waals surface area contributed by atoms with Crippen LogP contribution in [0.1, 0.15) is 53.9 Å². The topological polar surface area (TPSA) is 20.2 Å². The molecule has 1 aliphatic carbocycles. The molecular weight excluding hydrogens is 148 g/mol.